The van der Waals surface area contributed by atoms with Crippen molar-refractivity contribution < 1.29 is 8.42 Å². The lowest BCUT2D eigenvalue weighted by molar-refractivity contribution is 0.609. The third-order valence-corrected chi connectivity index (χ3v) is 3.69. The van der Waals surface area contributed by atoms with Crippen molar-refractivity contribution in [3.63, 3.8) is 0 Å². The summed E-state index contributed by atoms with van der Waals surface area (Å²) >= 11 is 5.92. The second-order valence-corrected chi connectivity index (χ2v) is 7.10. The van der Waals surface area contributed by atoms with E-state index in [1.165, 1.54) is 0 Å². The Morgan fingerprint density at radius 3 is 2.17 bits per heavy atom. The summed E-state index contributed by atoms with van der Waals surface area (Å²) in [5.41, 5.74) is 2.63. The monoisotopic (exact) mass is 300 g/mol. The molecule has 5 heteroatoms. The van der Waals surface area contributed by atoms with Crippen molar-refractivity contribution in [2.45, 2.75) is 5.75 Å². The first kappa shape index (κ1) is 13.4. The molecule has 94 valence electrons. The zero-order valence-electron chi connectivity index (χ0n) is 9.31. The van der Waals surface area contributed by atoms with Crippen LogP contribution >= 0.6 is 22.3 Å². The van der Waals surface area contributed by atoms with Gasteiger partial charge in [-0.05, 0) is 28.8 Å². The lowest BCUT2D eigenvalue weighted by Crippen LogP contribution is -1.94. The summed E-state index contributed by atoms with van der Waals surface area (Å²) < 4.78 is 21.9. The summed E-state index contributed by atoms with van der Waals surface area (Å²) in [7, 11) is 1.69. The van der Waals surface area contributed by atoms with Crippen molar-refractivity contribution in [3.05, 3.63) is 59.1 Å². The lowest BCUT2D eigenvalue weighted by Gasteiger charge is -2.04. The van der Waals surface area contributed by atoms with E-state index in [4.69, 9.17) is 22.3 Å². The van der Waals surface area contributed by atoms with Gasteiger partial charge < -0.3 is 0 Å². The molecular formula is C13H10Cl2O2S. The molecule has 0 heterocycles. The van der Waals surface area contributed by atoms with E-state index in [0.29, 0.717) is 10.6 Å². The molecule has 0 amide bonds. The van der Waals surface area contributed by atoms with Crippen molar-refractivity contribution in [2.24, 2.45) is 0 Å². The van der Waals surface area contributed by atoms with Crippen molar-refractivity contribution >= 4 is 31.3 Å². The number of hydrogen-bond acceptors (Lipinski definition) is 2. The maximum atomic E-state index is 10.9. The third-order valence-electron chi connectivity index (χ3n) is 2.45. The number of halogens is 2. The van der Waals surface area contributed by atoms with Crippen molar-refractivity contribution in [2.75, 3.05) is 0 Å². The molecule has 2 rings (SSSR count). The Morgan fingerprint density at radius 1 is 0.944 bits per heavy atom. The standard InChI is InChI=1S/C13H10Cl2O2S/c14-13-3-1-2-12(8-13)11-6-4-10(5-7-11)9-18(15,16)17/h1-8H,9H2. The van der Waals surface area contributed by atoms with Crippen molar-refractivity contribution in [1.82, 2.24) is 0 Å². The largest absolute Gasteiger partial charge is 0.236 e. The molecule has 0 aliphatic rings. The van der Waals surface area contributed by atoms with Crippen LogP contribution in [0.25, 0.3) is 11.1 Å². The third kappa shape index (κ3) is 3.73. The van der Waals surface area contributed by atoms with Crippen LogP contribution in [-0.4, -0.2) is 8.42 Å². The predicted octanol–water partition coefficient (Wildman–Crippen LogP) is 4.08. The molecule has 0 aliphatic heterocycles. The summed E-state index contributed by atoms with van der Waals surface area (Å²) in [6.07, 6.45) is 0. The van der Waals surface area contributed by atoms with Gasteiger partial charge in [0.15, 0.2) is 0 Å². The van der Waals surface area contributed by atoms with Crippen molar-refractivity contribution in [1.29, 1.82) is 0 Å². The Morgan fingerprint density at radius 2 is 1.61 bits per heavy atom. The summed E-state index contributed by atoms with van der Waals surface area (Å²) in [5, 5.41) is 0.667. The van der Waals surface area contributed by atoms with Gasteiger partial charge in [0, 0.05) is 15.7 Å². The van der Waals surface area contributed by atoms with Gasteiger partial charge in [0.1, 0.15) is 0 Å². The summed E-state index contributed by atoms with van der Waals surface area (Å²) in [6, 6.07) is 14.7. The molecule has 0 saturated heterocycles. The molecule has 0 spiro atoms. The van der Waals surface area contributed by atoms with Crippen LogP contribution in [0.4, 0.5) is 0 Å². The van der Waals surface area contributed by atoms with Gasteiger partial charge in [-0.25, -0.2) is 8.42 Å². The maximum absolute atomic E-state index is 10.9. The average Bonchev–Trinajstić information content (AvgIpc) is 2.28. The molecule has 18 heavy (non-hydrogen) atoms. The first-order valence-corrected chi connectivity index (χ1v) is 8.07. The Kier molecular flexibility index (Phi) is 3.95. The number of rotatable bonds is 3. The van der Waals surface area contributed by atoms with Crippen LogP contribution in [0.15, 0.2) is 48.5 Å². The number of hydrogen-bond donors (Lipinski definition) is 0. The van der Waals surface area contributed by atoms with E-state index in [-0.39, 0.29) is 5.75 Å². The fourth-order valence-electron chi connectivity index (χ4n) is 1.66. The van der Waals surface area contributed by atoms with Gasteiger partial charge in [0.05, 0.1) is 5.75 Å². The van der Waals surface area contributed by atoms with Gasteiger partial charge in [-0.2, -0.15) is 0 Å². The van der Waals surface area contributed by atoms with Crippen LogP contribution in [0, 0.1) is 0 Å². The highest BCUT2D eigenvalue weighted by atomic mass is 35.7. The zero-order chi connectivity index (χ0) is 13.2. The van der Waals surface area contributed by atoms with E-state index in [0.717, 1.165) is 11.1 Å². The van der Waals surface area contributed by atoms with Gasteiger partial charge in [0.25, 0.3) is 0 Å². The van der Waals surface area contributed by atoms with Gasteiger partial charge in [-0.3, -0.25) is 0 Å². The van der Waals surface area contributed by atoms with E-state index in [2.05, 4.69) is 0 Å². The average molecular weight is 301 g/mol. The lowest BCUT2D eigenvalue weighted by atomic mass is 10.0. The van der Waals surface area contributed by atoms with Crippen LogP contribution in [-0.2, 0) is 14.8 Å². The molecule has 0 bridgehead atoms. The summed E-state index contributed by atoms with van der Waals surface area (Å²) in [4.78, 5) is 0. The second-order valence-electron chi connectivity index (χ2n) is 3.89. The fraction of sp³-hybridized carbons (Fsp3) is 0.0769. The Hall–Kier alpha value is -1.03. The Labute approximate surface area is 116 Å². The molecule has 2 aromatic rings. The molecule has 2 aromatic carbocycles. The summed E-state index contributed by atoms with van der Waals surface area (Å²) in [6.45, 7) is 0. The van der Waals surface area contributed by atoms with Crippen molar-refractivity contribution in [3.8, 4) is 11.1 Å². The molecule has 2 nitrogen and oxygen atoms in total. The summed E-state index contributed by atoms with van der Waals surface area (Å²) in [5.74, 6) is -0.162. The molecule has 0 aliphatic carbocycles. The molecule has 0 radical (unpaired) electrons. The SMILES string of the molecule is O=S(=O)(Cl)Cc1ccc(-c2cccc(Cl)c2)cc1. The zero-order valence-corrected chi connectivity index (χ0v) is 11.6. The Bertz CT molecular complexity index is 649. The van der Waals surface area contributed by atoms with E-state index in [1.807, 2.05) is 30.3 Å². The molecule has 0 atom stereocenters. The molecular weight excluding hydrogens is 291 g/mol. The van der Waals surface area contributed by atoms with Crippen LogP contribution in [0.3, 0.4) is 0 Å². The van der Waals surface area contributed by atoms with E-state index in [9.17, 15) is 8.42 Å². The molecule has 0 unspecified atom stereocenters. The quantitative estimate of drug-likeness (QED) is 0.801. The van der Waals surface area contributed by atoms with Gasteiger partial charge >= 0.3 is 0 Å². The van der Waals surface area contributed by atoms with E-state index < -0.39 is 9.05 Å². The predicted molar refractivity (Wildman–Crippen MR) is 75.4 cm³/mol. The highest BCUT2D eigenvalue weighted by Crippen LogP contribution is 2.23. The van der Waals surface area contributed by atoms with E-state index in [1.54, 1.807) is 18.2 Å². The normalized spacial score (nSPS) is 11.4. The fourth-order valence-corrected chi connectivity index (χ4v) is 2.82. The second kappa shape index (κ2) is 5.31. The first-order valence-electron chi connectivity index (χ1n) is 5.21. The van der Waals surface area contributed by atoms with Gasteiger partial charge in [0.2, 0.25) is 9.05 Å². The van der Waals surface area contributed by atoms with Crippen LogP contribution in [0.5, 0.6) is 0 Å². The van der Waals surface area contributed by atoms with Gasteiger partial charge in [-0.15, -0.1) is 0 Å². The number of benzene rings is 2. The Balaban J connectivity index is 2.28. The molecule has 0 N–H and O–H groups in total. The molecule has 0 fully saturated rings. The highest BCUT2D eigenvalue weighted by Gasteiger charge is 2.07. The smallest absolute Gasteiger partial charge is 0.212 e. The molecule has 0 saturated carbocycles. The van der Waals surface area contributed by atoms with E-state index >= 15 is 0 Å². The first-order chi connectivity index (χ1) is 8.44. The topological polar surface area (TPSA) is 34.1 Å². The van der Waals surface area contributed by atoms with Gasteiger partial charge in [-0.1, -0.05) is 48.0 Å². The molecule has 0 aromatic heterocycles. The van der Waals surface area contributed by atoms with Crippen LogP contribution in [0.2, 0.25) is 5.02 Å². The maximum Gasteiger partial charge on any atom is 0.236 e. The minimum absolute atomic E-state index is 0.162. The van der Waals surface area contributed by atoms with Crippen LogP contribution < -0.4 is 0 Å². The minimum Gasteiger partial charge on any atom is -0.212 e. The highest BCUT2D eigenvalue weighted by molar-refractivity contribution is 8.13. The minimum atomic E-state index is -3.51. The van der Waals surface area contributed by atoms with Crippen LogP contribution in [0.1, 0.15) is 5.56 Å².